The van der Waals surface area contributed by atoms with Crippen LogP contribution in [0.15, 0.2) is 253 Å². The fourth-order valence-electron chi connectivity index (χ4n) is 13.3. The third kappa shape index (κ3) is 7.38. The summed E-state index contributed by atoms with van der Waals surface area (Å²) < 4.78 is 7.68. The summed E-state index contributed by atoms with van der Waals surface area (Å²) in [5, 5.41) is 7.69. The zero-order valence-corrected chi connectivity index (χ0v) is 47.6. The van der Waals surface area contributed by atoms with E-state index in [1.54, 1.807) is 0 Å². The number of benzene rings is 10. The Balaban J connectivity index is 0.999. The third-order valence-corrected chi connectivity index (χ3v) is 20.6. The molecule has 0 aliphatic carbocycles. The van der Waals surface area contributed by atoms with Crippen molar-refractivity contribution >= 4 is 137 Å². The highest BCUT2D eigenvalue weighted by Gasteiger charge is 2.43. The van der Waals surface area contributed by atoms with E-state index in [4.69, 9.17) is 0 Å². The van der Waals surface area contributed by atoms with Crippen molar-refractivity contribution in [2.75, 3.05) is 4.90 Å². The molecule has 0 fully saturated rings. The summed E-state index contributed by atoms with van der Waals surface area (Å²) in [6, 6.07) is 82.8. The highest BCUT2D eigenvalue weighted by atomic mass is 32.2. The summed E-state index contributed by atoms with van der Waals surface area (Å²) in [5.74, 6) is 0. The molecule has 0 unspecified atom stereocenters. The van der Waals surface area contributed by atoms with Gasteiger partial charge in [-0.25, -0.2) is 0 Å². The van der Waals surface area contributed by atoms with Crippen LogP contribution in [-0.2, 0) is 5.41 Å². The van der Waals surface area contributed by atoms with Crippen molar-refractivity contribution in [1.29, 1.82) is 0 Å². The lowest BCUT2D eigenvalue weighted by Crippen LogP contribution is -2.60. The topological polar surface area (TPSA) is 34.0 Å². The van der Waals surface area contributed by atoms with Gasteiger partial charge in [-0.1, -0.05) is 178 Å². The number of anilines is 3. The van der Waals surface area contributed by atoms with Crippen LogP contribution in [0, 0.1) is 0 Å². The van der Waals surface area contributed by atoms with Crippen LogP contribution >= 0.6 is 34.4 Å². The van der Waals surface area contributed by atoms with Crippen LogP contribution in [0.3, 0.4) is 0 Å². The van der Waals surface area contributed by atoms with Crippen LogP contribution in [-0.4, -0.2) is 21.2 Å². The summed E-state index contributed by atoms with van der Waals surface area (Å²) in [6.45, 7) is 6.83. The molecular formula is C74H49BN4S3. The predicted molar refractivity (Wildman–Crippen MR) is 352 cm³/mol. The van der Waals surface area contributed by atoms with Crippen LogP contribution in [0.5, 0.6) is 0 Å². The summed E-state index contributed by atoms with van der Waals surface area (Å²) in [6.07, 6.45) is 7.71. The normalized spacial score (nSPS) is 13.0. The molecule has 386 valence electrons. The number of nitrogens with zero attached hydrogens (tertiary/aromatic N) is 4. The molecule has 0 radical (unpaired) electrons. The van der Waals surface area contributed by atoms with E-state index in [9.17, 15) is 0 Å². The van der Waals surface area contributed by atoms with Gasteiger partial charge in [-0.3, -0.25) is 9.97 Å². The molecule has 2 aliphatic heterocycles. The molecule has 17 rings (SSSR count). The van der Waals surface area contributed by atoms with Gasteiger partial charge in [0.05, 0.1) is 16.7 Å². The minimum absolute atomic E-state index is 0.0117. The molecule has 5 aromatic heterocycles. The van der Waals surface area contributed by atoms with E-state index in [0.717, 1.165) is 39.3 Å². The van der Waals surface area contributed by atoms with Gasteiger partial charge in [-0.15, -0.1) is 22.7 Å². The lowest BCUT2D eigenvalue weighted by molar-refractivity contribution is 0.591. The van der Waals surface area contributed by atoms with Crippen LogP contribution in [0.25, 0.3) is 112 Å². The molecule has 0 saturated heterocycles. The summed E-state index contributed by atoms with van der Waals surface area (Å²) in [5.41, 5.74) is 21.3. The van der Waals surface area contributed by atoms with Crippen molar-refractivity contribution in [3.63, 3.8) is 0 Å². The Labute approximate surface area is 487 Å². The highest BCUT2D eigenvalue weighted by molar-refractivity contribution is 8.00. The molecule has 15 aromatic rings. The molecule has 4 nitrogen and oxygen atoms in total. The Morgan fingerprint density at radius 3 is 1.63 bits per heavy atom. The largest absolute Gasteiger partial charge is 0.310 e. The quantitative estimate of drug-likeness (QED) is 0.155. The van der Waals surface area contributed by atoms with Crippen LogP contribution in [0.1, 0.15) is 26.3 Å². The van der Waals surface area contributed by atoms with E-state index in [1.807, 2.05) is 71.4 Å². The second kappa shape index (κ2) is 18.2. The zero-order valence-electron chi connectivity index (χ0n) is 45.2. The molecular weight excluding hydrogens is 1050 g/mol. The first-order valence-electron chi connectivity index (χ1n) is 28.0. The van der Waals surface area contributed by atoms with Crippen LogP contribution in [0.2, 0.25) is 0 Å². The van der Waals surface area contributed by atoms with Crippen molar-refractivity contribution in [3.05, 3.63) is 249 Å². The molecule has 0 spiro atoms. The van der Waals surface area contributed by atoms with Gasteiger partial charge in [0, 0.05) is 114 Å². The molecule has 8 heteroatoms. The van der Waals surface area contributed by atoms with Gasteiger partial charge in [0.2, 0.25) is 6.71 Å². The molecule has 0 N–H and O–H groups in total. The lowest BCUT2D eigenvalue weighted by atomic mass is 9.34. The molecule has 0 atom stereocenters. The lowest BCUT2D eigenvalue weighted by Gasteiger charge is -2.42. The number of fused-ring (bicyclic) bond motifs is 13. The first-order valence-corrected chi connectivity index (χ1v) is 30.5. The Morgan fingerprint density at radius 2 is 0.988 bits per heavy atom. The van der Waals surface area contributed by atoms with Gasteiger partial charge < -0.3 is 9.47 Å². The number of hydrogen-bond acceptors (Lipinski definition) is 6. The van der Waals surface area contributed by atoms with E-state index in [1.165, 1.54) is 122 Å². The number of aromatic nitrogens is 3. The fourth-order valence-corrected chi connectivity index (χ4v) is 16.8. The van der Waals surface area contributed by atoms with Gasteiger partial charge in [0.1, 0.15) is 0 Å². The number of hydrogen-bond donors (Lipinski definition) is 0. The fraction of sp³-hybridized carbons (Fsp3) is 0.0541. The van der Waals surface area contributed by atoms with Crippen molar-refractivity contribution in [3.8, 4) is 50.2 Å². The van der Waals surface area contributed by atoms with E-state index in [2.05, 4.69) is 246 Å². The second-order valence-electron chi connectivity index (χ2n) is 22.9. The van der Waals surface area contributed by atoms with E-state index >= 15 is 0 Å². The first-order chi connectivity index (χ1) is 40.3. The maximum Gasteiger partial charge on any atom is 0.249 e. The molecule has 0 amide bonds. The van der Waals surface area contributed by atoms with Crippen molar-refractivity contribution < 1.29 is 0 Å². The SMILES string of the molecule is CC(C)(C)c1ccc2c(c1)c1ccccc1n2-c1cc2c3c(c1)N(c1c(-c4ccc5c(c4)sc4ccccc45)cccc1-c1ccc4c(c1)sc1ccccc14)c1ccc(-c4cccnc4)cc1B3c1cc(-c3cccnc3)ccc1S2. The molecule has 82 heavy (non-hydrogen) atoms. The Hall–Kier alpha value is -9.05. The maximum atomic E-state index is 4.65. The second-order valence-corrected chi connectivity index (χ2v) is 26.2. The average Bonchev–Trinajstić information content (AvgIpc) is 1.61. The Kier molecular flexibility index (Phi) is 10.6. The van der Waals surface area contributed by atoms with Crippen molar-refractivity contribution in [1.82, 2.24) is 14.5 Å². The van der Waals surface area contributed by atoms with E-state index < -0.39 is 0 Å². The number of pyridine rings is 2. The number of thiophene rings is 2. The van der Waals surface area contributed by atoms with Crippen molar-refractivity contribution in [2.45, 2.75) is 36.0 Å². The van der Waals surface area contributed by atoms with E-state index in [-0.39, 0.29) is 12.1 Å². The third-order valence-electron chi connectivity index (χ3n) is 17.2. The predicted octanol–water partition coefficient (Wildman–Crippen LogP) is 19.0. The molecule has 10 aromatic carbocycles. The summed E-state index contributed by atoms with van der Waals surface area (Å²) in [4.78, 5) is 14.4. The highest BCUT2D eigenvalue weighted by Crippen LogP contribution is 2.52. The standard InChI is InChI=1S/C74H49BN4S3/c1-74(2,3)50-27-31-63-59(39-50)54-15-4-7-20-62(54)78(63)51-40-65-72-71(41-51)82-68-32-26-45(49-14-12-34-77-43-49)36-61(68)75(72)60-35-44(48-13-11-33-76-42-48)25-30-64(60)79(65)73-52(46-23-28-57-55-16-5-8-21-66(55)80-69(57)37-46)18-10-19-53(73)47-24-29-58-56-17-6-9-22-67(56)81-70(58)38-47/h4-43H,1-3H3. The minimum atomic E-state index is -0.109. The molecule has 2 aliphatic rings. The van der Waals surface area contributed by atoms with E-state index in [0.29, 0.717) is 0 Å². The van der Waals surface area contributed by atoms with Crippen LogP contribution in [0.4, 0.5) is 17.1 Å². The minimum Gasteiger partial charge on any atom is -0.310 e. The van der Waals surface area contributed by atoms with Gasteiger partial charge >= 0.3 is 0 Å². The van der Waals surface area contributed by atoms with Gasteiger partial charge in [0.15, 0.2) is 0 Å². The maximum absolute atomic E-state index is 4.65. The van der Waals surface area contributed by atoms with Crippen LogP contribution < -0.4 is 21.3 Å². The monoisotopic (exact) mass is 1100 g/mol. The smallest absolute Gasteiger partial charge is 0.249 e. The Morgan fingerprint density at radius 1 is 0.402 bits per heavy atom. The molecule has 7 heterocycles. The summed E-state index contributed by atoms with van der Waals surface area (Å²) in [7, 11) is 0. The zero-order chi connectivity index (χ0) is 54.4. The van der Waals surface area contributed by atoms with Crippen molar-refractivity contribution in [2.24, 2.45) is 0 Å². The van der Waals surface area contributed by atoms with Gasteiger partial charge in [0.25, 0.3) is 0 Å². The average molecular weight is 1100 g/mol. The van der Waals surface area contributed by atoms with Gasteiger partial charge in [-0.05, 0) is 134 Å². The summed E-state index contributed by atoms with van der Waals surface area (Å²) >= 11 is 5.65. The number of para-hydroxylation sites is 2. The molecule has 0 bridgehead atoms. The number of rotatable bonds is 6. The van der Waals surface area contributed by atoms with Gasteiger partial charge in [-0.2, -0.15) is 0 Å². The first kappa shape index (κ1) is 47.7. The Bertz CT molecular complexity index is 5020. The molecule has 0 saturated carbocycles.